The molecule has 0 aliphatic carbocycles. The second kappa shape index (κ2) is 9.23. The molecule has 6 nitrogen and oxygen atoms in total. The van der Waals surface area contributed by atoms with E-state index in [0.717, 1.165) is 19.6 Å². The summed E-state index contributed by atoms with van der Waals surface area (Å²) >= 11 is 0. The lowest BCUT2D eigenvalue weighted by atomic mass is 10.2. The number of nitrogens with zero attached hydrogens (tertiary/aromatic N) is 1. The van der Waals surface area contributed by atoms with Crippen molar-refractivity contribution in [1.82, 2.24) is 4.90 Å². The van der Waals surface area contributed by atoms with Gasteiger partial charge < -0.3 is 20.1 Å². The minimum atomic E-state index is -0.425. The fraction of sp³-hybridized carbons (Fsp3) is 0.350. The number of rotatable bonds is 7. The number of carbonyl (C=O) groups excluding carboxylic acids is 1. The first-order chi connectivity index (χ1) is 13.1. The highest BCUT2D eigenvalue weighted by molar-refractivity contribution is 5.99. The van der Waals surface area contributed by atoms with Gasteiger partial charge in [-0.1, -0.05) is 0 Å². The Morgan fingerprint density at radius 3 is 2.41 bits per heavy atom. The minimum Gasteiger partial charge on any atom is -0.493 e. The van der Waals surface area contributed by atoms with Crippen LogP contribution in [0.1, 0.15) is 12.8 Å². The van der Waals surface area contributed by atoms with Crippen LogP contribution in [0.25, 0.3) is 0 Å². The number of likely N-dealkylation sites (tertiary alicyclic amines) is 1. The molecule has 0 aromatic heterocycles. The van der Waals surface area contributed by atoms with Crippen LogP contribution in [-0.2, 0) is 0 Å². The number of urea groups is 1. The van der Waals surface area contributed by atoms with E-state index in [2.05, 4.69) is 15.5 Å². The largest absolute Gasteiger partial charge is 0.493 e. The molecule has 2 aromatic carbocycles. The molecule has 1 saturated heterocycles. The van der Waals surface area contributed by atoms with E-state index in [9.17, 15) is 9.18 Å². The number of anilines is 2. The van der Waals surface area contributed by atoms with Crippen LogP contribution in [0.5, 0.6) is 11.5 Å². The third-order valence-electron chi connectivity index (χ3n) is 4.39. The summed E-state index contributed by atoms with van der Waals surface area (Å²) in [4.78, 5) is 14.5. The number of ether oxygens (including phenoxy) is 2. The number of amides is 2. The average Bonchev–Trinajstić information content (AvgIpc) is 3.18. The van der Waals surface area contributed by atoms with Crippen molar-refractivity contribution >= 4 is 17.4 Å². The molecule has 1 heterocycles. The van der Waals surface area contributed by atoms with Gasteiger partial charge in [0.25, 0.3) is 0 Å². The lowest BCUT2D eigenvalue weighted by Crippen LogP contribution is -2.25. The van der Waals surface area contributed by atoms with Gasteiger partial charge in [-0.2, -0.15) is 0 Å². The van der Waals surface area contributed by atoms with E-state index in [0.29, 0.717) is 29.5 Å². The molecule has 2 aromatic rings. The van der Waals surface area contributed by atoms with Gasteiger partial charge in [-0.3, -0.25) is 4.90 Å². The molecule has 1 aliphatic rings. The van der Waals surface area contributed by atoms with E-state index in [1.165, 1.54) is 37.1 Å². The molecule has 144 valence electrons. The lowest BCUT2D eigenvalue weighted by Gasteiger charge is -2.17. The van der Waals surface area contributed by atoms with Gasteiger partial charge in [-0.25, -0.2) is 9.18 Å². The molecule has 2 N–H and O–H groups in total. The number of halogens is 1. The molecule has 3 rings (SSSR count). The molecule has 0 unspecified atom stereocenters. The lowest BCUT2D eigenvalue weighted by molar-refractivity contribution is 0.230. The van der Waals surface area contributed by atoms with Crippen LogP contribution in [0.3, 0.4) is 0 Å². The zero-order valence-electron chi connectivity index (χ0n) is 15.3. The van der Waals surface area contributed by atoms with E-state index in [1.54, 1.807) is 25.3 Å². The highest BCUT2D eigenvalue weighted by Gasteiger charge is 2.12. The summed E-state index contributed by atoms with van der Waals surface area (Å²) in [6.07, 6.45) is 2.51. The highest BCUT2D eigenvalue weighted by Crippen LogP contribution is 2.30. The van der Waals surface area contributed by atoms with Crippen LogP contribution >= 0.6 is 0 Å². The highest BCUT2D eigenvalue weighted by atomic mass is 19.1. The number of hydrogen-bond acceptors (Lipinski definition) is 4. The van der Waals surface area contributed by atoms with Gasteiger partial charge in [0.05, 0.1) is 7.11 Å². The van der Waals surface area contributed by atoms with Gasteiger partial charge in [-0.15, -0.1) is 0 Å². The van der Waals surface area contributed by atoms with Gasteiger partial charge in [0.15, 0.2) is 11.5 Å². The molecule has 7 heteroatoms. The van der Waals surface area contributed by atoms with Crippen LogP contribution in [-0.4, -0.2) is 44.3 Å². The zero-order valence-corrected chi connectivity index (χ0v) is 15.3. The fourth-order valence-corrected chi connectivity index (χ4v) is 2.98. The summed E-state index contributed by atoms with van der Waals surface area (Å²) in [6.45, 7) is 3.75. The Morgan fingerprint density at radius 2 is 1.70 bits per heavy atom. The van der Waals surface area contributed by atoms with E-state index < -0.39 is 6.03 Å². The maximum atomic E-state index is 12.9. The monoisotopic (exact) mass is 373 g/mol. The molecule has 27 heavy (non-hydrogen) atoms. The van der Waals surface area contributed by atoms with Crippen LogP contribution in [0.15, 0.2) is 42.5 Å². The summed E-state index contributed by atoms with van der Waals surface area (Å²) in [5, 5.41) is 5.36. The van der Waals surface area contributed by atoms with Crippen molar-refractivity contribution in [2.45, 2.75) is 12.8 Å². The fourth-order valence-electron chi connectivity index (χ4n) is 2.98. The normalized spacial score (nSPS) is 14.0. The van der Waals surface area contributed by atoms with Crippen molar-refractivity contribution in [1.29, 1.82) is 0 Å². The quantitative estimate of drug-likeness (QED) is 0.771. The SMILES string of the molecule is COc1cc(NC(=O)Nc2ccc(F)cc2)ccc1OCCN1CCCC1. The van der Waals surface area contributed by atoms with Crippen molar-refractivity contribution in [2.24, 2.45) is 0 Å². The molecule has 0 bridgehead atoms. The Balaban J connectivity index is 1.54. The number of benzene rings is 2. The van der Waals surface area contributed by atoms with Crippen molar-refractivity contribution in [3.8, 4) is 11.5 Å². The van der Waals surface area contributed by atoms with Crippen LogP contribution in [0.4, 0.5) is 20.6 Å². The average molecular weight is 373 g/mol. The minimum absolute atomic E-state index is 0.356. The molecule has 0 saturated carbocycles. The van der Waals surface area contributed by atoms with Gasteiger partial charge in [0, 0.05) is 24.0 Å². The van der Waals surface area contributed by atoms with Gasteiger partial charge in [0.1, 0.15) is 12.4 Å². The van der Waals surface area contributed by atoms with Crippen molar-refractivity contribution < 1.29 is 18.7 Å². The van der Waals surface area contributed by atoms with Crippen LogP contribution in [0, 0.1) is 5.82 Å². The van der Waals surface area contributed by atoms with Crippen molar-refractivity contribution in [2.75, 3.05) is 44.0 Å². The second-order valence-electron chi connectivity index (χ2n) is 6.35. The Hall–Kier alpha value is -2.80. The summed E-state index contributed by atoms with van der Waals surface area (Å²) in [5.74, 6) is 0.836. The molecule has 1 aliphatic heterocycles. The first-order valence-electron chi connectivity index (χ1n) is 9.01. The first kappa shape index (κ1) is 19.0. The molecular weight excluding hydrogens is 349 g/mol. The molecular formula is C20H24FN3O3. The van der Waals surface area contributed by atoms with Crippen LogP contribution < -0.4 is 20.1 Å². The zero-order chi connectivity index (χ0) is 19.1. The smallest absolute Gasteiger partial charge is 0.323 e. The summed E-state index contributed by atoms with van der Waals surface area (Å²) in [6, 6.07) is 10.4. The topological polar surface area (TPSA) is 62.8 Å². The summed E-state index contributed by atoms with van der Waals surface area (Å²) in [5.41, 5.74) is 1.07. The van der Waals surface area contributed by atoms with Crippen LogP contribution in [0.2, 0.25) is 0 Å². The predicted molar refractivity (Wildman–Crippen MR) is 103 cm³/mol. The molecule has 1 fully saturated rings. The molecule has 0 atom stereocenters. The number of methoxy groups -OCH3 is 1. The molecule has 0 radical (unpaired) electrons. The molecule has 0 spiro atoms. The molecule has 2 amide bonds. The second-order valence-corrected chi connectivity index (χ2v) is 6.35. The van der Waals surface area contributed by atoms with E-state index >= 15 is 0 Å². The number of carbonyl (C=O) groups is 1. The Morgan fingerprint density at radius 1 is 1.04 bits per heavy atom. The van der Waals surface area contributed by atoms with Gasteiger partial charge in [-0.05, 0) is 62.3 Å². The standard InChI is InChI=1S/C20H24FN3O3/c1-26-19-14-17(23-20(25)22-16-6-4-15(21)5-7-16)8-9-18(19)27-13-12-24-10-2-3-11-24/h4-9,14H,2-3,10-13H2,1H3,(H2,22,23,25). The van der Waals surface area contributed by atoms with Gasteiger partial charge >= 0.3 is 6.03 Å². The summed E-state index contributed by atoms with van der Waals surface area (Å²) in [7, 11) is 1.56. The maximum Gasteiger partial charge on any atom is 0.323 e. The van der Waals surface area contributed by atoms with Crippen molar-refractivity contribution in [3.05, 3.63) is 48.3 Å². The Bertz CT molecular complexity index is 762. The van der Waals surface area contributed by atoms with Gasteiger partial charge in [0.2, 0.25) is 0 Å². The Labute approximate surface area is 158 Å². The van der Waals surface area contributed by atoms with E-state index in [1.807, 2.05) is 0 Å². The summed E-state index contributed by atoms with van der Waals surface area (Å²) < 4.78 is 24.1. The number of hydrogen-bond donors (Lipinski definition) is 2. The first-order valence-corrected chi connectivity index (χ1v) is 9.01. The Kier molecular flexibility index (Phi) is 6.49. The third kappa shape index (κ3) is 5.59. The maximum absolute atomic E-state index is 12.9. The van der Waals surface area contributed by atoms with Crippen molar-refractivity contribution in [3.63, 3.8) is 0 Å². The third-order valence-corrected chi connectivity index (χ3v) is 4.39. The predicted octanol–water partition coefficient (Wildman–Crippen LogP) is 3.95. The van der Waals surface area contributed by atoms with E-state index in [4.69, 9.17) is 9.47 Å². The van der Waals surface area contributed by atoms with E-state index in [-0.39, 0.29) is 5.82 Å². The number of nitrogens with one attached hydrogen (secondary N) is 2.